The largest absolute Gasteiger partial charge is 0.317 e. The molecule has 158 valence electrons. The number of nitrogens with zero attached hydrogens (tertiary/aromatic N) is 2. The summed E-state index contributed by atoms with van der Waals surface area (Å²) in [7, 11) is 0. The quantitative estimate of drug-likeness (QED) is 0.751. The predicted octanol–water partition coefficient (Wildman–Crippen LogP) is 4.33. The van der Waals surface area contributed by atoms with E-state index in [4.69, 9.17) is 0 Å². The minimum atomic E-state index is 0.386. The van der Waals surface area contributed by atoms with Gasteiger partial charge in [-0.3, -0.25) is 4.90 Å². The second kappa shape index (κ2) is 8.53. The Morgan fingerprint density at radius 1 is 1.03 bits per heavy atom. The highest BCUT2D eigenvalue weighted by Gasteiger charge is 2.46. The van der Waals surface area contributed by atoms with Gasteiger partial charge in [0.2, 0.25) is 0 Å². The van der Waals surface area contributed by atoms with Crippen molar-refractivity contribution in [2.45, 2.75) is 75.4 Å². The maximum Gasteiger partial charge on any atom is 0.0240 e. The zero-order valence-electron chi connectivity index (χ0n) is 18.1. The molecule has 3 heteroatoms. The van der Waals surface area contributed by atoms with Crippen LogP contribution in [0, 0.1) is 5.92 Å². The third-order valence-corrected chi connectivity index (χ3v) is 8.64. The van der Waals surface area contributed by atoms with Crippen LogP contribution in [0.15, 0.2) is 36.9 Å². The van der Waals surface area contributed by atoms with E-state index in [9.17, 15) is 0 Å². The van der Waals surface area contributed by atoms with Crippen LogP contribution in [-0.4, -0.2) is 54.6 Å². The number of rotatable bonds is 5. The number of nitrogens with one attached hydrogen (secondary N) is 1. The van der Waals surface area contributed by atoms with Gasteiger partial charge in [-0.2, -0.15) is 0 Å². The lowest BCUT2D eigenvalue weighted by Gasteiger charge is -2.54. The van der Waals surface area contributed by atoms with Crippen LogP contribution < -0.4 is 5.32 Å². The van der Waals surface area contributed by atoms with Crippen molar-refractivity contribution < 1.29 is 0 Å². The average molecular weight is 394 g/mol. The summed E-state index contributed by atoms with van der Waals surface area (Å²) in [4.78, 5) is 5.71. The minimum Gasteiger partial charge on any atom is -0.317 e. The van der Waals surface area contributed by atoms with Gasteiger partial charge in [-0.15, -0.1) is 6.58 Å². The van der Waals surface area contributed by atoms with E-state index >= 15 is 0 Å². The highest BCUT2D eigenvalue weighted by Crippen LogP contribution is 2.46. The van der Waals surface area contributed by atoms with E-state index in [0.717, 1.165) is 18.0 Å². The molecule has 1 aromatic rings. The topological polar surface area (TPSA) is 18.5 Å². The Labute approximate surface area is 177 Å². The first-order valence-corrected chi connectivity index (χ1v) is 12.2. The summed E-state index contributed by atoms with van der Waals surface area (Å²) in [6, 6.07) is 11.0. The van der Waals surface area contributed by atoms with Crippen LogP contribution in [0.5, 0.6) is 0 Å². The van der Waals surface area contributed by atoms with Gasteiger partial charge in [0.1, 0.15) is 0 Å². The van der Waals surface area contributed by atoms with Gasteiger partial charge < -0.3 is 10.2 Å². The zero-order chi connectivity index (χ0) is 19.7. The first-order chi connectivity index (χ1) is 14.3. The third kappa shape index (κ3) is 3.82. The minimum absolute atomic E-state index is 0.386. The number of benzene rings is 1. The number of piperidine rings is 2. The molecule has 2 unspecified atom stereocenters. The van der Waals surface area contributed by atoms with Crippen LogP contribution in [0.3, 0.4) is 0 Å². The Morgan fingerprint density at radius 2 is 1.83 bits per heavy atom. The molecule has 3 nitrogen and oxygen atoms in total. The predicted molar refractivity (Wildman–Crippen MR) is 121 cm³/mol. The van der Waals surface area contributed by atoms with E-state index in [2.05, 4.69) is 52.0 Å². The van der Waals surface area contributed by atoms with Crippen LogP contribution in [0.1, 0.15) is 62.5 Å². The first-order valence-electron chi connectivity index (χ1n) is 12.2. The lowest BCUT2D eigenvalue weighted by atomic mass is 9.66. The van der Waals surface area contributed by atoms with Crippen molar-refractivity contribution in [1.29, 1.82) is 0 Å². The fourth-order valence-corrected chi connectivity index (χ4v) is 6.78. The average Bonchev–Trinajstić information content (AvgIpc) is 2.75. The molecule has 3 heterocycles. The molecule has 0 aromatic heterocycles. The Hall–Kier alpha value is -1.16. The van der Waals surface area contributed by atoms with E-state index in [0.29, 0.717) is 5.41 Å². The molecule has 1 N–H and O–H groups in total. The van der Waals surface area contributed by atoms with Crippen LogP contribution in [0.2, 0.25) is 0 Å². The van der Waals surface area contributed by atoms with Crippen molar-refractivity contribution >= 4 is 0 Å². The van der Waals surface area contributed by atoms with Crippen molar-refractivity contribution in [1.82, 2.24) is 15.1 Å². The highest BCUT2D eigenvalue weighted by molar-refractivity contribution is 5.38. The Morgan fingerprint density at radius 3 is 2.55 bits per heavy atom. The molecule has 5 rings (SSSR count). The summed E-state index contributed by atoms with van der Waals surface area (Å²) in [5.41, 5.74) is 3.68. The van der Waals surface area contributed by atoms with E-state index < -0.39 is 0 Å². The molecule has 1 aromatic carbocycles. The molecule has 2 atom stereocenters. The van der Waals surface area contributed by atoms with Gasteiger partial charge in [0.25, 0.3) is 0 Å². The van der Waals surface area contributed by atoms with Gasteiger partial charge in [0, 0.05) is 30.6 Å². The van der Waals surface area contributed by atoms with Gasteiger partial charge in [-0.05, 0) is 94.6 Å². The molecule has 1 spiro atoms. The number of hydrogen-bond acceptors (Lipinski definition) is 3. The third-order valence-electron chi connectivity index (χ3n) is 8.64. The second-order valence-electron chi connectivity index (χ2n) is 10.1. The number of allylic oxidation sites excluding steroid dienone is 1. The molecule has 1 aliphatic carbocycles. The normalized spacial score (nSPS) is 30.6. The molecule has 0 radical (unpaired) electrons. The molecule has 29 heavy (non-hydrogen) atoms. The summed E-state index contributed by atoms with van der Waals surface area (Å²) in [6.45, 7) is 11.4. The van der Waals surface area contributed by atoms with Crippen LogP contribution in [0.25, 0.3) is 0 Å². The molecule has 3 aliphatic heterocycles. The number of fused-ring (bicyclic) bond motifs is 2. The molecule has 0 amide bonds. The Kier molecular flexibility index (Phi) is 5.82. The van der Waals surface area contributed by atoms with Crippen molar-refractivity contribution in [2.75, 3.05) is 32.7 Å². The lowest BCUT2D eigenvalue weighted by molar-refractivity contribution is 0.00129. The zero-order valence-corrected chi connectivity index (χ0v) is 18.1. The van der Waals surface area contributed by atoms with Crippen molar-refractivity contribution in [3.8, 4) is 0 Å². The van der Waals surface area contributed by atoms with E-state index in [-0.39, 0.29) is 0 Å². The SMILES string of the molecule is C=CCCC1CCC1N1Cc2ccccc2C2(CCN(C3CCNCC3)CC2)C1. The molecule has 4 aliphatic rings. The molecule has 3 fully saturated rings. The smallest absolute Gasteiger partial charge is 0.0240 e. The lowest BCUT2D eigenvalue weighted by Crippen LogP contribution is -2.58. The molecular formula is C26H39N3. The van der Waals surface area contributed by atoms with Crippen LogP contribution >= 0.6 is 0 Å². The summed E-state index contributed by atoms with van der Waals surface area (Å²) in [6.07, 6.45) is 12.8. The van der Waals surface area contributed by atoms with Gasteiger partial charge >= 0.3 is 0 Å². The van der Waals surface area contributed by atoms with Crippen LogP contribution in [0.4, 0.5) is 0 Å². The van der Waals surface area contributed by atoms with Gasteiger partial charge in [-0.1, -0.05) is 30.3 Å². The fourth-order valence-electron chi connectivity index (χ4n) is 6.78. The standard InChI is InChI=1S/C26H39N3/c1-2-3-6-21-9-10-25(21)29-19-22-7-4-5-8-24(22)26(20-29)13-17-28(18-14-26)23-11-15-27-16-12-23/h2,4-5,7-8,21,23,25,27H,1,3,6,9-20H2. The molecular weight excluding hydrogens is 354 g/mol. The van der Waals surface area contributed by atoms with Crippen molar-refractivity contribution in [3.05, 3.63) is 48.0 Å². The van der Waals surface area contributed by atoms with Crippen molar-refractivity contribution in [2.24, 2.45) is 5.92 Å². The van der Waals surface area contributed by atoms with E-state index in [1.54, 1.807) is 11.1 Å². The first kappa shape index (κ1) is 19.8. The van der Waals surface area contributed by atoms with E-state index in [1.165, 1.54) is 90.6 Å². The van der Waals surface area contributed by atoms with E-state index in [1.807, 2.05) is 0 Å². The Bertz CT molecular complexity index is 700. The van der Waals surface area contributed by atoms with Gasteiger partial charge in [-0.25, -0.2) is 0 Å². The van der Waals surface area contributed by atoms with Gasteiger partial charge in [0.15, 0.2) is 0 Å². The summed E-state index contributed by atoms with van der Waals surface area (Å²) < 4.78 is 0. The number of hydrogen-bond donors (Lipinski definition) is 1. The Balaban J connectivity index is 1.33. The molecule has 0 bridgehead atoms. The molecule has 2 saturated heterocycles. The maximum absolute atomic E-state index is 3.95. The number of likely N-dealkylation sites (tertiary alicyclic amines) is 1. The summed E-state index contributed by atoms with van der Waals surface area (Å²) in [5, 5.41) is 3.53. The maximum atomic E-state index is 3.95. The summed E-state index contributed by atoms with van der Waals surface area (Å²) >= 11 is 0. The monoisotopic (exact) mass is 393 g/mol. The fraction of sp³-hybridized carbons (Fsp3) is 0.692. The highest BCUT2D eigenvalue weighted by atomic mass is 15.2. The van der Waals surface area contributed by atoms with Gasteiger partial charge in [0.05, 0.1) is 0 Å². The van der Waals surface area contributed by atoms with Crippen molar-refractivity contribution in [3.63, 3.8) is 0 Å². The second-order valence-corrected chi connectivity index (χ2v) is 10.1. The van der Waals surface area contributed by atoms with Crippen LogP contribution in [-0.2, 0) is 12.0 Å². The molecule has 1 saturated carbocycles. The summed E-state index contributed by atoms with van der Waals surface area (Å²) in [5.74, 6) is 0.894.